The van der Waals surface area contributed by atoms with E-state index in [1.165, 1.54) is 7.11 Å². The summed E-state index contributed by atoms with van der Waals surface area (Å²) in [6.45, 7) is 2.40. The van der Waals surface area contributed by atoms with Crippen LogP contribution in [0.2, 0.25) is 0 Å². The van der Waals surface area contributed by atoms with Crippen molar-refractivity contribution < 1.29 is 17.9 Å². The van der Waals surface area contributed by atoms with Gasteiger partial charge in [0.05, 0.1) is 5.75 Å². The molecule has 6 nitrogen and oxygen atoms in total. The van der Waals surface area contributed by atoms with Gasteiger partial charge in [0.1, 0.15) is 6.61 Å². The molecule has 0 fully saturated rings. The number of sulfonamides is 1. The number of amides is 1. The molecule has 16 heavy (non-hydrogen) atoms. The quantitative estimate of drug-likeness (QED) is 0.540. The predicted octanol–water partition coefficient (Wildman–Crippen LogP) is -0.531. The van der Waals surface area contributed by atoms with Crippen molar-refractivity contribution in [2.24, 2.45) is 0 Å². The monoisotopic (exact) mass is 252 g/mol. The van der Waals surface area contributed by atoms with Gasteiger partial charge in [0.2, 0.25) is 15.9 Å². The van der Waals surface area contributed by atoms with Crippen LogP contribution in [0.3, 0.4) is 0 Å². The lowest BCUT2D eigenvalue weighted by Gasteiger charge is -2.07. The van der Waals surface area contributed by atoms with Crippen molar-refractivity contribution in [1.82, 2.24) is 10.0 Å². The number of nitrogens with one attached hydrogen (secondary N) is 2. The first-order chi connectivity index (χ1) is 7.52. The maximum atomic E-state index is 11.3. The summed E-state index contributed by atoms with van der Waals surface area (Å²) in [6.07, 6.45) is 1.48. The lowest BCUT2D eigenvalue weighted by atomic mass is 10.4. The third-order valence-electron chi connectivity index (χ3n) is 1.81. The highest BCUT2D eigenvalue weighted by molar-refractivity contribution is 7.89. The van der Waals surface area contributed by atoms with Crippen LogP contribution >= 0.6 is 0 Å². The van der Waals surface area contributed by atoms with Gasteiger partial charge in [-0.05, 0) is 6.42 Å². The molecule has 2 N–H and O–H groups in total. The molecular weight excluding hydrogens is 232 g/mol. The average molecular weight is 252 g/mol. The number of hydrogen-bond donors (Lipinski definition) is 2. The molecule has 0 aliphatic carbocycles. The van der Waals surface area contributed by atoms with Crippen LogP contribution in [0.15, 0.2) is 0 Å². The van der Waals surface area contributed by atoms with E-state index in [1.54, 1.807) is 0 Å². The van der Waals surface area contributed by atoms with Crippen LogP contribution in [-0.2, 0) is 19.6 Å². The van der Waals surface area contributed by atoms with Crippen LogP contribution in [0.4, 0.5) is 0 Å². The van der Waals surface area contributed by atoms with E-state index in [9.17, 15) is 13.2 Å². The van der Waals surface area contributed by atoms with Gasteiger partial charge in [0, 0.05) is 20.2 Å². The van der Waals surface area contributed by atoms with Crippen LogP contribution in [0.25, 0.3) is 0 Å². The van der Waals surface area contributed by atoms with Gasteiger partial charge in [0.15, 0.2) is 0 Å². The standard InChI is InChI=1S/C9H20N2O4S/c1-3-4-7-16(13,14)11-6-5-10-9(12)8-15-2/h11H,3-8H2,1-2H3,(H,10,12). The van der Waals surface area contributed by atoms with E-state index in [2.05, 4.69) is 14.8 Å². The van der Waals surface area contributed by atoms with Gasteiger partial charge in [-0.2, -0.15) is 0 Å². The Morgan fingerprint density at radius 1 is 1.31 bits per heavy atom. The largest absolute Gasteiger partial charge is 0.375 e. The molecule has 0 spiro atoms. The van der Waals surface area contributed by atoms with Crippen LogP contribution in [0, 0.1) is 0 Å². The molecule has 96 valence electrons. The van der Waals surface area contributed by atoms with Gasteiger partial charge in [-0.3, -0.25) is 4.79 Å². The number of unbranched alkanes of at least 4 members (excludes halogenated alkanes) is 1. The van der Waals surface area contributed by atoms with Gasteiger partial charge in [-0.1, -0.05) is 13.3 Å². The summed E-state index contributed by atoms with van der Waals surface area (Å²) in [4.78, 5) is 10.9. The maximum Gasteiger partial charge on any atom is 0.246 e. The van der Waals surface area contributed by atoms with Crippen LogP contribution in [0.5, 0.6) is 0 Å². The van der Waals surface area contributed by atoms with E-state index in [0.29, 0.717) is 6.42 Å². The fraction of sp³-hybridized carbons (Fsp3) is 0.889. The highest BCUT2D eigenvalue weighted by atomic mass is 32.2. The van der Waals surface area contributed by atoms with Crippen LogP contribution < -0.4 is 10.0 Å². The van der Waals surface area contributed by atoms with E-state index in [1.807, 2.05) is 6.92 Å². The first-order valence-electron chi connectivity index (χ1n) is 5.24. The van der Waals surface area contributed by atoms with E-state index in [4.69, 9.17) is 0 Å². The molecule has 0 bridgehead atoms. The normalized spacial score (nSPS) is 11.4. The molecule has 0 saturated carbocycles. The van der Waals surface area contributed by atoms with Crippen molar-refractivity contribution in [1.29, 1.82) is 0 Å². The van der Waals surface area contributed by atoms with E-state index >= 15 is 0 Å². The van der Waals surface area contributed by atoms with Crippen molar-refractivity contribution in [2.75, 3.05) is 32.6 Å². The molecule has 0 aromatic carbocycles. The molecule has 0 saturated heterocycles. The van der Waals surface area contributed by atoms with Gasteiger partial charge in [0.25, 0.3) is 0 Å². The molecule has 0 radical (unpaired) electrons. The zero-order chi connectivity index (χ0) is 12.4. The molecule has 0 unspecified atom stereocenters. The zero-order valence-electron chi connectivity index (χ0n) is 9.78. The molecule has 0 rings (SSSR count). The third kappa shape index (κ3) is 8.63. The number of carbonyl (C=O) groups is 1. The Kier molecular flexibility index (Phi) is 8.14. The smallest absolute Gasteiger partial charge is 0.246 e. The Morgan fingerprint density at radius 3 is 2.56 bits per heavy atom. The fourth-order valence-electron chi connectivity index (χ4n) is 0.997. The summed E-state index contributed by atoms with van der Waals surface area (Å²) >= 11 is 0. The fourth-order valence-corrected chi connectivity index (χ4v) is 2.22. The van der Waals surface area contributed by atoms with E-state index in [-0.39, 0.29) is 31.4 Å². The predicted molar refractivity (Wildman–Crippen MR) is 61.6 cm³/mol. The minimum atomic E-state index is -3.19. The lowest BCUT2D eigenvalue weighted by Crippen LogP contribution is -2.36. The van der Waals surface area contributed by atoms with Gasteiger partial charge in [-0.15, -0.1) is 0 Å². The highest BCUT2D eigenvalue weighted by Crippen LogP contribution is 1.92. The van der Waals surface area contributed by atoms with Gasteiger partial charge >= 0.3 is 0 Å². The molecule has 0 heterocycles. The summed E-state index contributed by atoms with van der Waals surface area (Å²) in [5.41, 5.74) is 0. The summed E-state index contributed by atoms with van der Waals surface area (Å²) in [6, 6.07) is 0. The number of hydrogen-bond acceptors (Lipinski definition) is 4. The van der Waals surface area contributed by atoms with Crippen molar-refractivity contribution in [3.63, 3.8) is 0 Å². The van der Waals surface area contributed by atoms with Crippen molar-refractivity contribution in [3.8, 4) is 0 Å². The number of ether oxygens (including phenoxy) is 1. The highest BCUT2D eigenvalue weighted by Gasteiger charge is 2.08. The first kappa shape index (κ1) is 15.3. The summed E-state index contributed by atoms with van der Waals surface area (Å²) in [5.74, 6) is -0.120. The first-order valence-corrected chi connectivity index (χ1v) is 6.90. The molecule has 0 aliphatic heterocycles. The lowest BCUT2D eigenvalue weighted by molar-refractivity contribution is -0.124. The summed E-state index contributed by atoms with van der Waals surface area (Å²) in [5, 5.41) is 2.52. The number of methoxy groups -OCH3 is 1. The maximum absolute atomic E-state index is 11.3. The Hall–Kier alpha value is -0.660. The molecule has 1 amide bonds. The second-order valence-electron chi connectivity index (χ2n) is 3.35. The molecular formula is C9H20N2O4S. The minimum absolute atomic E-state index is 0.0113. The Balaban J connectivity index is 3.61. The number of rotatable bonds is 9. The minimum Gasteiger partial charge on any atom is -0.375 e. The Morgan fingerprint density at radius 2 is 2.00 bits per heavy atom. The van der Waals surface area contributed by atoms with Crippen molar-refractivity contribution in [3.05, 3.63) is 0 Å². The SMILES string of the molecule is CCCCS(=O)(=O)NCCNC(=O)COC. The van der Waals surface area contributed by atoms with E-state index in [0.717, 1.165) is 6.42 Å². The summed E-state index contributed by atoms with van der Waals surface area (Å²) < 4.78 is 29.6. The molecule has 0 aromatic heterocycles. The van der Waals surface area contributed by atoms with Crippen LogP contribution in [-0.4, -0.2) is 46.9 Å². The average Bonchev–Trinajstić information content (AvgIpc) is 2.22. The van der Waals surface area contributed by atoms with Crippen LogP contribution in [0.1, 0.15) is 19.8 Å². The van der Waals surface area contributed by atoms with Crippen molar-refractivity contribution >= 4 is 15.9 Å². The Labute approximate surface area is 96.8 Å². The molecule has 0 atom stereocenters. The zero-order valence-corrected chi connectivity index (χ0v) is 10.6. The molecule has 7 heteroatoms. The topological polar surface area (TPSA) is 84.5 Å². The third-order valence-corrected chi connectivity index (χ3v) is 3.28. The second kappa shape index (κ2) is 8.49. The Bertz CT molecular complexity index is 290. The van der Waals surface area contributed by atoms with Gasteiger partial charge in [-0.25, -0.2) is 13.1 Å². The van der Waals surface area contributed by atoms with E-state index < -0.39 is 10.0 Å². The number of carbonyl (C=O) groups excluding carboxylic acids is 1. The molecule has 0 aromatic rings. The second-order valence-corrected chi connectivity index (χ2v) is 5.28. The van der Waals surface area contributed by atoms with Crippen molar-refractivity contribution in [2.45, 2.75) is 19.8 Å². The van der Waals surface area contributed by atoms with Gasteiger partial charge < -0.3 is 10.1 Å². The molecule has 0 aliphatic rings. The summed E-state index contributed by atoms with van der Waals surface area (Å²) in [7, 11) is -1.76.